The first-order chi connectivity index (χ1) is 9.02. The Morgan fingerprint density at radius 2 is 2.32 bits per heavy atom. The highest BCUT2D eigenvalue weighted by molar-refractivity contribution is 5.96. The van der Waals surface area contributed by atoms with Crippen molar-refractivity contribution >= 4 is 5.84 Å². The second-order valence-electron chi connectivity index (χ2n) is 4.24. The van der Waals surface area contributed by atoms with Crippen LogP contribution >= 0.6 is 0 Å². The highest BCUT2D eigenvalue weighted by Gasteiger charge is 2.09. The van der Waals surface area contributed by atoms with Crippen molar-refractivity contribution in [2.45, 2.75) is 13.5 Å². The summed E-state index contributed by atoms with van der Waals surface area (Å²) in [6.45, 7) is 2.27. The molecular formula is C12H15N5O2. The van der Waals surface area contributed by atoms with Crippen LogP contribution in [0, 0.1) is 6.92 Å². The van der Waals surface area contributed by atoms with Crippen molar-refractivity contribution in [2.75, 3.05) is 0 Å². The van der Waals surface area contributed by atoms with Gasteiger partial charge < -0.3 is 15.5 Å². The minimum absolute atomic E-state index is 0.170. The van der Waals surface area contributed by atoms with Crippen LogP contribution in [0.4, 0.5) is 0 Å². The standard InChI is InChI=1S/C12H15N5O2/c1-8-6-9(16(2)14-8)7-17-5-3-4-10(12(17)18)11(13)15-19/h3-6,19H,7H2,1-2H3,(H2,13,15). The number of hydrogen-bond acceptors (Lipinski definition) is 4. The van der Waals surface area contributed by atoms with Gasteiger partial charge in [0.15, 0.2) is 5.84 Å². The Morgan fingerprint density at radius 3 is 2.89 bits per heavy atom. The van der Waals surface area contributed by atoms with Gasteiger partial charge in [0.25, 0.3) is 5.56 Å². The summed E-state index contributed by atoms with van der Waals surface area (Å²) in [5.74, 6) is -0.194. The van der Waals surface area contributed by atoms with E-state index >= 15 is 0 Å². The Labute approximate surface area is 109 Å². The Hall–Kier alpha value is -2.57. The van der Waals surface area contributed by atoms with Gasteiger partial charge in [0.1, 0.15) is 0 Å². The third-order valence-corrected chi connectivity index (χ3v) is 2.84. The van der Waals surface area contributed by atoms with E-state index in [1.165, 1.54) is 10.6 Å². The fourth-order valence-corrected chi connectivity index (χ4v) is 1.90. The highest BCUT2D eigenvalue weighted by Crippen LogP contribution is 2.03. The molecule has 0 atom stereocenters. The number of aryl methyl sites for hydroxylation is 2. The molecule has 0 spiro atoms. The van der Waals surface area contributed by atoms with Crippen LogP contribution in [0.25, 0.3) is 0 Å². The van der Waals surface area contributed by atoms with Gasteiger partial charge in [-0.05, 0) is 25.1 Å². The molecule has 0 saturated carbocycles. The number of hydrogen-bond donors (Lipinski definition) is 2. The number of aromatic nitrogens is 3. The molecule has 2 heterocycles. The Balaban J connectivity index is 2.42. The van der Waals surface area contributed by atoms with Crippen LogP contribution in [0.3, 0.4) is 0 Å². The predicted octanol–water partition coefficient (Wildman–Crippen LogP) is 0.0330. The molecule has 0 aromatic carbocycles. The van der Waals surface area contributed by atoms with E-state index in [0.717, 1.165) is 11.4 Å². The Kier molecular flexibility index (Phi) is 3.37. The van der Waals surface area contributed by atoms with Gasteiger partial charge in [-0.25, -0.2) is 0 Å². The molecule has 0 amide bonds. The van der Waals surface area contributed by atoms with Crippen molar-refractivity contribution in [3.05, 3.63) is 51.7 Å². The molecule has 0 unspecified atom stereocenters. The van der Waals surface area contributed by atoms with Crippen molar-refractivity contribution in [1.29, 1.82) is 0 Å². The van der Waals surface area contributed by atoms with Gasteiger partial charge in [0, 0.05) is 13.2 Å². The summed E-state index contributed by atoms with van der Waals surface area (Å²) in [7, 11) is 1.82. The summed E-state index contributed by atoms with van der Waals surface area (Å²) in [5, 5.41) is 15.7. The van der Waals surface area contributed by atoms with E-state index < -0.39 is 0 Å². The molecule has 0 aliphatic heterocycles. The normalized spacial score (nSPS) is 11.8. The first kappa shape index (κ1) is 12.9. The third kappa shape index (κ3) is 2.49. The SMILES string of the molecule is Cc1cc(Cn2cccc(/C(N)=N/O)c2=O)n(C)n1. The molecule has 0 saturated heterocycles. The van der Waals surface area contributed by atoms with Crippen molar-refractivity contribution in [1.82, 2.24) is 14.3 Å². The van der Waals surface area contributed by atoms with Crippen molar-refractivity contribution in [3.8, 4) is 0 Å². The number of rotatable bonds is 3. The molecule has 7 nitrogen and oxygen atoms in total. The Morgan fingerprint density at radius 1 is 1.58 bits per heavy atom. The van der Waals surface area contributed by atoms with Crippen LogP contribution < -0.4 is 11.3 Å². The first-order valence-corrected chi connectivity index (χ1v) is 5.70. The molecule has 3 N–H and O–H groups in total. The predicted molar refractivity (Wildman–Crippen MR) is 70.3 cm³/mol. The number of nitrogens with two attached hydrogens (primary N) is 1. The van der Waals surface area contributed by atoms with Crippen LogP contribution in [-0.2, 0) is 13.6 Å². The highest BCUT2D eigenvalue weighted by atomic mass is 16.4. The molecule has 0 aliphatic carbocycles. The average Bonchev–Trinajstić information content (AvgIpc) is 2.69. The molecule has 19 heavy (non-hydrogen) atoms. The zero-order valence-corrected chi connectivity index (χ0v) is 10.7. The summed E-state index contributed by atoms with van der Waals surface area (Å²) in [6, 6.07) is 5.10. The van der Waals surface area contributed by atoms with Crippen molar-refractivity contribution < 1.29 is 5.21 Å². The number of amidine groups is 1. The van der Waals surface area contributed by atoms with E-state index in [4.69, 9.17) is 10.9 Å². The molecule has 0 aliphatic rings. The molecule has 0 bridgehead atoms. The number of nitrogens with zero attached hydrogens (tertiary/aromatic N) is 4. The van der Waals surface area contributed by atoms with Crippen LogP contribution in [0.15, 0.2) is 34.3 Å². The smallest absolute Gasteiger partial charge is 0.262 e. The van der Waals surface area contributed by atoms with Gasteiger partial charge in [0.05, 0.1) is 23.5 Å². The minimum atomic E-state index is -0.309. The minimum Gasteiger partial charge on any atom is -0.409 e. The summed E-state index contributed by atoms with van der Waals surface area (Å²) in [6.07, 6.45) is 1.65. The lowest BCUT2D eigenvalue weighted by molar-refractivity contribution is 0.318. The second-order valence-corrected chi connectivity index (χ2v) is 4.24. The van der Waals surface area contributed by atoms with E-state index in [1.807, 2.05) is 20.0 Å². The second kappa shape index (κ2) is 4.97. The number of oxime groups is 1. The maximum absolute atomic E-state index is 12.2. The fourth-order valence-electron chi connectivity index (χ4n) is 1.90. The van der Waals surface area contributed by atoms with E-state index in [-0.39, 0.29) is 17.0 Å². The summed E-state index contributed by atoms with van der Waals surface area (Å²) in [4.78, 5) is 12.2. The zero-order chi connectivity index (χ0) is 14.0. The molecule has 2 rings (SSSR count). The lowest BCUT2D eigenvalue weighted by Gasteiger charge is -2.07. The quantitative estimate of drug-likeness (QED) is 0.352. The largest absolute Gasteiger partial charge is 0.409 e. The van der Waals surface area contributed by atoms with E-state index in [9.17, 15) is 4.79 Å². The molecule has 0 fully saturated rings. The first-order valence-electron chi connectivity index (χ1n) is 5.70. The van der Waals surface area contributed by atoms with Gasteiger partial charge in [-0.3, -0.25) is 9.48 Å². The topological polar surface area (TPSA) is 98.4 Å². The molecule has 0 radical (unpaired) electrons. The average molecular weight is 261 g/mol. The summed E-state index contributed by atoms with van der Waals surface area (Å²) < 4.78 is 3.21. The van der Waals surface area contributed by atoms with Crippen LogP contribution in [0.2, 0.25) is 0 Å². The molecule has 7 heteroatoms. The van der Waals surface area contributed by atoms with Crippen molar-refractivity contribution in [2.24, 2.45) is 17.9 Å². The monoisotopic (exact) mass is 261 g/mol. The molecule has 2 aromatic rings. The van der Waals surface area contributed by atoms with E-state index in [0.29, 0.717) is 6.54 Å². The maximum atomic E-state index is 12.2. The maximum Gasteiger partial charge on any atom is 0.262 e. The van der Waals surface area contributed by atoms with Crippen LogP contribution in [0.5, 0.6) is 0 Å². The van der Waals surface area contributed by atoms with Crippen LogP contribution in [-0.4, -0.2) is 25.4 Å². The summed E-state index contributed by atoms with van der Waals surface area (Å²) in [5.41, 5.74) is 7.11. The zero-order valence-electron chi connectivity index (χ0n) is 10.7. The fraction of sp³-hybridized carbons (Fsp3) is 0.250. The van der Waals surface area contributed by atoms with Gasteiger partial charge in [-0.1, -0.05) is 5.16 Å². The van der Waals surface area contributed by atoms with Gasteiger partial charge >= 0.3 is 0 Å². The lowest BCUT2D eigenvalue weighted by atomic mass is 10.2. The summed E-state index contributed by atoms with van der Waals surface area (Å²) >= 11 is 0. The van der Waals surface area contributed by atoms with E-state index in [2.05, 4.69) is 10.3 Å². The number of pyridine rings is 1. The molecule has 100 valence electrons. The van der Waals surface area contributed by atoms with Gasteiger partial charge in [-0.2, -0.15) is 5.10 Å². The lowest BCUT2D eigenvalue weighted by Crippen LogP contribution is -2.30. The van der Waals surface area contributed by atoms with Crippen molar-refractivity contribution in [3.63, 3.8) is 0 Å². The van der Waals surface area contributed by atoms with Gasteiger partial charge in [0.2, 0.25) is 0 Å². The third-order valence-electron chi connectivity index (χ3n) is 2.84. The molecule has 2 aromatic heterocycles. The van der Waals surface area contributed by atoms with E-state index in [1.54, 1.807) is 16.9 Å². The molecular weight excluding hydrogens is 246 g/mol. The Bertz CT molecular complexity index is 684. The van der Waals surface area contributed by atoms with Crippen LogP contribution in [0.1, 0.15) is 17.0 Å². The van der Waals surface area contributed by atoms with Gasteiger partial charge in [-0.15, -0.1) is 0 Å².